The van der Waals surface area contributed by atoms with Crippen molar-refractivity contribution in [1.29, 1.82) is 0 Å². The molecule has 0 spiro atoms. The number of rotatable bonds is 12. The second-order valence-corrected chi connectivity index (χ2v) is 8.94. The van der Waals surface area contributed by atoms with Gasteiger partial charge in [-0.1, -0.05) is 6.42 Å². The Hall–Kier alpha value is -0.0500. The Morgan fingerprint density at radius 1 is 0.967 bits per heavy atom. The smallest absolute Gasteiger partial charge is 0.186 e. The highest BCUT2D eigenvalue weighted by Crippen LogP contribution is 2.29. The molecular formula is C19H37NO9S. The van der Waals surface area contributed by atoms with Gasteiger partial charge >= 0.3 is 0 Å². The van der Waals surface area contributed by atoms with Crippen molar-refractivity contribution in [1.82, 2.24) is 0 Å². The number of ether oxygens (including phenoxy) is 4. The lowest BCUT2D eigenvalue weighted by Gasteiger charge is -2.44. The maximum Gasteiger partial charge on any atom is 0.186 e. The van der Waals surface area contributed by atoms with Crippen LogP contribution < -0.4 is 5.73 Å². The minimum absolute atomic E-state index is 0.0498. The molecule has 2 aliphatic heterocycles. The number of aliphatic hydroxyl groups is 5. The van der Waals surface area contributed by atoms with Gasteiger partial charge in [0, 0.05) is 25.3 Å². The highest BCUT2D eigenvalue weighted by Gasteiger charge is 2.48. The van der Waals surface area contributed by atoms with Gasteiger partial charge in [0.25, 0.3) is 0 Å². The van der Waals surface area contributed by atoms with Gasteiger partial charge in [-0.2, -0.15) is 11.8 Å². The molecule has 0 aliphatic carbocycles. The Bertz CT molecular complexity index is 477. The number of nitrogens with two attached hydrogens (primary N) is 1. The molecule has 7 N–H and O–H groups in total. The second kappa shape index (κ2) is 13.5. The van der Waals surface area contributed by atoms with Crippen LogP contribution in [0.4, 0.5) is 0 Å². The summed E-state index contributed by atoms with van der Waals surface area (Å²) in [4.78, 5) is 0. The van der Waals surface area contributed by atoms with Crippen LogP contribution in [-0.4, -0.2) is 112 Å². The molecule has 0 aromatic rings. The van der Waals surface area contributed by atoms with Gasteiger partial charge in [0.05, 0.1) is 18.8 Å². The first-order valence-electron chi connectivity index (χ1n) is 10.6. The lowest BCUT2D eigenvalue weighted by atomic mass is 9.98. The Morgan fingerprint density at radius 3 is 2.43 bits per heavy atom. The van der Waals surface area contributed by atoms with Crippen molar-refractivity contribution in [2.75, 3.05) is 31.3 Å². The molecule has 2 fully saturated rings. The van der Waals surface area contributed by atoms with Gasteiger partial charge in [-0.05, 0) is 25.5 Å². The van der Waals surface area contributed by atoms with Crippen LogP contribution in [0, 0.1) is 0 Å². The second-order valence-electron chi connectivity index (χ2n) is 7.72. The standard InChI is InChI=1S/C19H37NO9S/c1-11-12(22)9-13(23)18(27-11)29-17-15(24)14(10-21)28-19(16(17)25)26-6-3-2-4-7-30-8-5-20/h11-19,21-25H,2-10,20H2,1H3/t11-,12+,13-,14-,15-,16+,17+,18-,19+/m1/s1. The van der Waals surface area contributed by atoms with Crippen LogP contribution in [0.5, 0.6) is 0 Å². The van der Waals surface area contributed by atoms with Gasteiger partial charge in [-0.3, -0.25) is 0 Å². The summed E-state index contributed by atoms with van der Waals surface area (Å²) >= 11 is 1.81. The van der Waals surface area contributed by atoms with Crippen LogP contribution in [-0.2, 0) is 18.9 Å². The maximum absolute atomic E-state index is 10.6. The number of unbranched alkanes of at least 4 members (excludes halogenated alkanes) is 2. The van der Waals surface area contributed by atoms with Gasteiger partial charge in [-0.25, -0.2) is 0 Å². The van der Waals surface area contributed by atoms with E-state index in [1.165, 1.54) is 0 Å². The monoisotopic (exact) mass is 455 g/mol. The Labute approximate surface area is 181 Å². The average Bonchev–Trinajstić information content (AvgIpc) is 2.72. The fraction of sp³-hybridized carbons (Fsp3) is 1.00. The number of aliphatic hydroxyl groups excluding tert-OH is 5. The van der Waals surface area contributed by atoms with Crippen molar-refractivity contribution in [3.63, 3.8) is 0 Å². The summed E-state index contributed by atoms with van der Waals surface area (Å²) < 4.78 is 22.3. The molecule has 0 unspecified atom stereocenters. The van der Waals surface area contributed by atoms with E-state index < -0.39 is 61.9 Å². The van der Waals surface area contributed by atoms with Crippen LogP contribution in [0.1, 0.15) is 32.6 Å². The van der Waals surface area contributed by atoms with Gasteiger partial charge in [0.1, 0.15) is 30.5 Å². The first kappa shape index (κ1) is 26.2. The molecule has 10 nitrogen and oxygen atoms in total. The fourth-order valence-corrected chi connectivity index (χ4v) is 4.22. The predicted octanol–water partition coefficient (Wildman–Crippen LogP) is -1.45. The molecular weight excluding hydrogens is 418 g/mol. The van der Waals surface area contributed by atoms with E-state index in [0.717, 1.165) is 30.8 Å². The SMILES string of the molecule is C[C@H]1O[C@H](O[C@@H]2[C@H](O)[C@@H](OCCCCCSCCN)O[C@H](CO)[C@H]2O)[C@H](O)C[C@@H]1O. The van der Waals surface area contributed by atoms with E-state index >= 15 is 0 Å². The topological polar surface area (TPSA) is 164 Å². The molecule has 30 heavy (non-hydrogen) atoms. The van der Waals surface area contributed by atoms with Gasteiger partial charge in [0.15, 0.2) is 12.6 Å². The molecule has 0 saturated carbocycles. The number of thioether (sulfide) groups is 1. The van der Waals surface area contributed by atoms with E-state index in [9.17, 15) is 25.5 Å². The third-order valence-electron chi connectivity index (χ3n) is 5.28. The summed E-state index contributed by atoms with van der Waals surface area (Å²) in [7, 11) is 0. The molecule has 2 rings (SSSR count). The van der Waals surface area contributed by atoms with Crippen molar-refractivity contribution >= 4 is 11.8 Å². The van der Waals surface area contributed by atoms with Crippen LogP contribution in [0.15, 0.2) is 0 Å². The van der Waals surface area contributed by atoms with E-state index in [0.29, 0.717) is 13.2 Å². The summed E-state index contributed by atoms with van der Waals surface area (Å²) in [5.74, 6) is 1.98. The van der Waals surface area contributed by atoms with Gasteiger partial charge in [0.2, 0.25) is 0 Å². The zero-order valence-corrected chi connectivity index (χ0v) is 18.2. The molecule has 9 atom stereocenters. The van der Waals surface area contributed by atoms with Crippen LogP contribution in [0.3, 0.4) is 0 Å². The minimum atomic E-state index is -1.35. The van der Waals surface area contributed by atoms with Crippen LogP contribution in [0.25, 0.3) is 0 Å². The molecule has 2 heterocycles. The zero-order valence-electron chi connectivity index (χ0n) is 17.4. The molecule has 2 saturated heterocycles. The highest BCUT2D eigenvalue weighted by atomic mass is 32.2. The largest absolute Gasteiger partial charge is 0.394 e. The van der Waals surface area contributed by atoms with Crippen molar-refractivity contribution in [3.8, 4) is 0 Å². The van der Waals surface area contributed by atoms with Crippen molar-refractivity contribution < 1.29 is 44.5 Å². The molecule has 178 valence electrons. The maximum atomic E-state index is 10.6. The van der Waals surface area contributed by atoms with Crippen molar-refractivity contribution in [2.45, 2.75) is 87.9 Å². The van der Waals surface area contributed by atoms with Gasteiger partial charge in [-0.15, -0.1) is 0 Å². The lowest BCUT2D eigenvalue weighted by Crippen LogP contribution is -2.62. The molecule has 0 bridgehead atoms. The molecule has 0 amide bonds. The van der Waals surface area contributed by atoms with Crippen LogP contribution in [0.2, 0.25) is 0 Å². The Kier molecular flexibility index (Phi) is 11.8. The molecule has 0 aromatic carbocycles. The zero-order chi connectivity index (χ0) is 22.1. The van der Waals surface area contributed by atoms with E-state index in [-0.39, 0.29) is 6.42 Å². The minimum Gasteiger partial charge on any atom is -0.394 e. The fourth-order valence-electron chi connectivity index (χ4n) is 3.44. The third kappa shape index (κ3) is 7.52. The van der Waals surface area contributed by atoms with Crippen LogP contribution >= 0.6 is 11.8 Å². The normalized spacial score (nSPS) is 39.9. The highest BCUT2D eigenvalue weighted by molar-refractivity contribution is 7.99. The van der Waals surface area contributed by atoms with Crippen molar-refractivity contribution in [2.24, 2.45) is 5.73 Å². The number of hydrogen-bond donors (Lipinski definition) is 6. The predicted molar refractivity (Wildman–Crippen MR) is 110 cm³/mol. The first-order chi connectivity index (χ1) is 14.4. The van der Waals surface area contributed by atoms with E-state index in [1.54, 1.807) is 6.92 Å². The summed E-state index contributed by atoms with van der Waals surface area (Å²) in [5, 5.41) is 50.5. The van der Waals surface area contributed by atoms with E-state index in [2.05, 4.69) is 0 Å². The number of hydrogen-bond acceptors (Lipinski definition) is 11. The summed E-state index contributed by atoms with van der Waals surface area (Å²) in [5.41, 5.74) is 5.45. The third-order valence-corrected chi connectivity index (χ3v) is 6.38. The van der Waals surface area contributed by atoms with Crippen molar-refractivity contribution in [3.05, 3.63) is 0 Å². The summed E-state index contributed by atoms with van der Waals surface area (Å²) in [6, 6.07) is 0. The van der Waals surface area contributed by atoms with E-state index in [4.69, 9.17) is 24.7 Å². The molecule has 2 aliphatic rings. The Balaban J connectivity index is 1.85. The lowest BCUT2D eigenvalue weighted by molar-refractivity contribution is -0.348. The Morgan fingerprint density at radius 2 is 1.73 bits per heavy atom. The average molecular weight is 456 g/mol. The first-order valence-corrected chi connectivity index (χ1v) is 11.7. The summed E-state index contributed by atoms with van der Waals surface area (Å²) in [6.07, 6.45) is -6.85. The van der Waals surface area contributed by atoms with Gasteiger partial charge < -0.3 is 50.2 Å². The molecule has 0 radical (unpaired) electrons. The quantitative estimate of drug-likeness (QED) is 0.191. The molecule has 11 heteroatoms. The van der Waals surface area contributed by atoms with E-state index in [1.807, 2.05) is 11.8 Å². The molecule has 0 aromatic heterocycles. The summed E-state index contributed by atoms with van der Waals surface area (Å²) in [6.45, 7) is 2.17.